The summed E-state index contributed by atoms with van der Waals surface area (Å²) in [5, 5.41) is 8.94. The number of rotatable bonds is 9. The van der Waals surface area contributed by atoms with Crippen LogP contribution in [-0.2, 0) is 27.2 Å². The lowest BCUT2D eigenvalue weighted by Gasteiger charge is -2.30. The van der Waals surface area contributed by atoms with Gasteiger partial charge in [-0.1, -0.05) is 12.1 Å². The van der Waals surface area contributed by atoms with Gasteiger partial charge in [-0.25, -0.2) is 27.9 Å². The molecule has 3 aromatic carbocycles. The molecular weight excluding hydrogens is 613 g/mol. The van der Waals surface area contributed by atoms with E-state index in [1.165, 1.54) is 31.4 Å². The molecule has 0 bridgehead atoms. The van der Waals surface area contributed by atoms with Gasteiger partial charge in [-0.15, -0.1) is 0 Å². The molecule has 2 unspecified atom stereocenters. The fourth-order valence-corrected chi connectivity index (χ4v) is 5.67. The highest BCUT2D eigenvalue weighted by Crippen LogP contribution is 2.37. The number of methoxy groups -OCH3 is 2. The van der Waals surface area contributed by atoms with Crippen LogP contribution in [0.4, 0.5) is 13.2 Å². The SMILES string of the molecule is COC(=O)c1ccc2nc(Cc3cc(F)c(-c4cccc(OCc5ccc(C#N)cc5F)n4)cc3F)n(C3COCC3(C)OC)c2c1. The molecular formula is C35H29F3N4O5. The Bertz CT molecular complexity index is 2040. The van der Waals surface area contributed by atoms with Gasteiger partial charge in [-0.05, 0) is 61.0 Å². The Morgan fingerprint density at radius 1 is 1.02 bits per heavy atom. The molecule has 9 nitrogen and oxygen atoms in total. The zero-order valence-corrected chi connectivity index (χ0v) is 25.7. The predicted octanol–water partition coefficient (Wildman–Crippen LogP) is 6.32. The number of imidazole rings is 1. The Kier molecular flexibility index (Phi) is 8.68. The van der Waals surface area contributed by atoms with Crippen molar-refractivity contribution in [3.63, 3.8) is 0 Å². The number of esters is 1. The minimum Gasteiger partial charge on any atom is -0.473 e. The molecule has 12 heteroatoms. The number of halogens is 3. The van der Waals surface area contributed by atoms with Crippen LogP contribution in [0.15, 0.2) is 66.7 Å². The molecule has 240 valence electrons. The van der Waals surface area contributed by atoms with Gasteiger partial charge in [0.1, 0.15) is 35.5 Å². The first kappa shape index (κ1) is 31.7. The average Bonchev–Trinajstić information content (AvgIpc) is 3.64. The quantitative estimate of drug-likeness (QED) is 0.172. The first-order chi connectivity index (χ1) is 22.6. The van der Waals surface area contributed by atoms with Crippen molar-refractivity contribution in [1.82, 2.24) is 14.5 Å². The molecule has 47 heavy (non-hydrogen) atoms. The van der Waals surface area contributed by atoms with Gasteiger partial charge in [0.25, 0.3) is 0 Å². The van der Waals surface area contributed by atoms with Gasteiger partial charge in [0, 0.05) is 30.7 Å². The molecule has 1 saturated heterocycles. The molecule has 1 fully saturated rings. The first-order valence-corrected chi connectivity index (χ1v) is 14.6. The van der Waals surface area contributed by atoms with Crippen LogP contribution in [0.2, 0.25) is 0 Å². The molecule has 1 aliphatic rings. The van der Waals surface area contributed by atoms with Crippen molar-refractivity contribution in [2.75, 3.05) is 27.4 Å². The molecule has 0 amide bonds. The van der Waals surface area contributed by atoms with Crippen LogP contribution in [0.5, 0.6) is 5.88 Å². The maximum absolute atomic E-state index is 15.7. The molecule has 0 aliphatic carbocycles. The number of nitriles is 1. The standard InChI is InChI=1S/C35H29F3N4O5/c1-35(45-3)19-46-18-31(35)42-30-13-21(34(43)44-2)9-10-29(30)40-32(42)14-23-12-27(38)24(15-26(23)37)28-5-4-6-33(41-28)47-17-22-8-7-20(16-39)11-25(22)36/h4-13,15,31H,14,17-19H2,1-3H3. The molecule has 0 radical (unpaired) electrons. The van der Waals surface area contributed by atoms with E-state index >= 15 is 8.78 Å². The van der Waals surface area contributed by atoms with Gasteiger partial charge in [0.05, 0.1) is 60.3 Å². The first-order valence-electron chi connectivity index (χ1n) is 14.6. The molecule has 6 rings (SSSR count). The van der Waals surface area contributed by atoms with Gasteiger partial charge in [0.2, 0.25) is 5.88 Å². The summed E-state index contributed by atoms with van der Waals surface area (Å²) in [4.78, 5) is 21.4. The molecule has 3 heterocycles. The summed E-state index contributed by atoms with van der Waals surface area (Å²) in [6.45, 7) is 2.30. The lowest BCUT2D eigenvalue weighted by atomic mass is 9.99. The van der Waals surface area contributed by atoms with Gasteiger partial charge in [-0.2, -0.15) is 5.26 Å². The topological polar surface area (TPSA) is 108 Å². The predicted molar refractivity (Wildman–Crippen MR) is 164 cm³/mol. The number of aromatic nitrogens is 3. The summed E-state index contributed by atoms with van der Waals surface area (Å²) in [6, 6.07) is 17.2. The van der Waals surface area contributed by atoms with Crippen LogP contribution in [0.1, 0.15) is 45.8 Å². The van der Waals surface area contributed by atoms with Crippen molar-refractivity contribution in [3.05, 3.63) is 112 Å². The monoisotopic (exact) mass is 642 g/mol. The van der Waals surface area contributed by atoms with Gasteiger partial charge in [-0.3, -0.25) is 0 Å². The summed E-state index contributed by atoms with van der Waals surface area (Å²) in [6.07, 6.45) is -0.0751. The maximum Gasteiger partial charge on any atom is 0.337 e. The second-order valence-electron chi connectivity index (χ2n) is 11.3. The molecule has 0 saturated carbocycles. The smallest absolute Gasteiger partial charge is 0.337 e. The number of fused-ring (bicyclic) bond motifs is 1. The number of benzene rings is 3. The lowest BCUT2D eigenvalue weighted by Crippen LogP contribution is -2.38. The Morgan fingerprint density at radius 3 is 2.57 bits per heavy atom. The fourth-order valence-electron chi connectivity index (χ4n) is 5.67. The zero-order valence-electron chi connectivity index (χ0n) is 25.7. The third-order valence-corrected chi connectivity index (χ3v) is 8.37. The Hall–Kier alpha value is -5.25. The van der Waals surface area contributed by atoms with E-state index in [-0.39, 0.29) is 59.5 Å². The van der Waals surface area contributed by atoms with Crippen molar-refractivity contribution in [3.8, 4) is 23.2 Å². The van der Waals surface area contributed by atoms with Crippen molar-refractivity contribution < 1.29 is 36.9 Å². The number of hydrogen-bond acceptors (Lipinski definition) is 8. The van der Waals surface area contributed by atoms with E-state index in [0.29, 0.717) is 29.0 Å². The average molecular weight is 643 g/mol. The van der Waals surface area contributed by atoms with Crippen LogP contribution in [0, 0.1) is 28.8 Å². The van der Waals surface area contributed by atoms with Crippen LogP contribution in [0.3, 0.4) is 0 Å². The zero-order chi connectivity index (χ0) is 33.3. The minimum atomic E-state index is -0.748. The van der Waals surface area contributed by atoms with Crippen LogP contribution >= 0.6 is 0 Å². The number of hydrogen-bond donors (Lipinski definition) is 0. The van der Waals surface area contributed by atoms with Crippen molar-refractivity contribution in [2.24, 2.45) is 0 Å². The Labute approximate surface area is 268 Å². The second kappa shape index (κ2) is 12.9. The number of carbonyl (C=O) groups excluding carboxylic acids is 1. The van der Waals surface area contributed by atoms with E-state index < -0.39 is 29.0 Å². The van der Waals surface area contributed by atoms with Gasteiger partial charge < -0.3 is 23.5 Å². The Morgan fingerprint density at radius 2 is 1.83 bits per heavy atom. The number of nitrogens with zero attached hydrogens (tertiary/aromatic N) is 4. The number of ether oxygens (including phenoxy) is 4. The van der Waals surface area contributed by atoms with E-state index in [2.05, 4.69) is 4.98 Å². The summed E-state index contributed by atoms with van der Waals surface area (Å²) in [7, 11) is 2.87. The van der Waals surface area contributed by atoms with Crippen LogP contribution in [-0.4, -0.2) is 53.5 Å². The largest absolute Gasteiger partial charge is 0.473 e. The van der Waals surface area contributed by atoms with Crippen LogP contribution < -0.4 is 4.74 Å². The molecule has 1 aliphatic heterocycles. The minimum absolute atomic E-state index is 0.0535. The van der Waals surface area contributed by atoms with Crippen molar-refractivity contribution in [2.45, 2.75) is 31.6 Å². The summed E-state index contributed by atoms with van der Waals surface area (Å²) < 4.78 is 69.6. The molecule has 0 spiro atoms. The van der Waals surface area contributed by atoms with E-state index in [0.717, 1.165) is 18.2 Å². The highest BCUT2D eigenvalue weighted by molar-refractivity contribution is 5.93. The van der Waals surface area contributed by atoms with E-state index in [9.17, 15) is 9.18 Å². The highest BCUT2D eigenvalue weighted by Gasteiger charge is 2.43. The van der Waals surface area contributed by atoms with E-state index in [4.69, 9.17) is 29.2 Å². The fraction of sp³-hybridized carbons (Fsp3) is 0.257. The van der Waals surface area contributed by atoms with Crippen molar-refractivity contribution >= 4 is 17.0 Å². The van der Waals surface area contributed by atoms with E-state index in [1.54, 1.807) is 31.4 Å². The number of pyridine rings is 1. The van der Waals surface area contributed by atoms with Gasteiger partial charge >= 0.3 is 5.97 Å². The summed E-state index contributed by atoms with van der Waals surface area (Å²) in [5.41, 5.74) is 1.19. The lowest BCUT2D eigenvalue weighted by molar-refractivity contribution is -0.0218. The molecule has 0 N–H and O–H groups in total. The Balaban J connectivity index is 1.31. The van der Waals surface area contributed by atoms with E-state index in [1.807, 2.05) is 17.6 Å². The summed E-state index contributed by atoms with van der Waals surface area (Å²) >= 11 is 0. The third kappa shape index (κ3) is 6.15. The maximum atomic E-state index is 15.7. The molecule has 2 atom stereocenters. The van der Waals surface area contributed by atoms with Gasteiger partial charge in [0.15, 0.2) is 0 Å². The van der Waals surface area contributed by atoms with Crippen LogP contribution in [0.25, 0.3) is 22.3 Å². The van der Waals surface area contributed by atoms with Crippen molar-refractivity contribution in [1.29, 1.82) is 5.26 Å². The molecule has 5 aromatic rings. The third-order valence-electron chi connectivity index (χ3n) is 8.37. The normalized spacial score (nSPS) is 17.5. The highest BCUT2D eigenvalue weighted by atomic mass is 19.1. The molecule has 2 aromatic heterocycles. The summed E-state index contributed by atoms with van der Waals surface area (Å²) in [5.74, 6) is -2.02. The number of carbonyl (C=O) groups is 1. The second-order valence-corrected chi connectivity index (χ2v) is 11.3.